The van der Waals surface area contributed by atoms with E-state index in [1.807, 2.05) is 6.92 Å². The molecular formula is C17H18ClNO5S. The van der Waals surface area contributed by atoms with Crippen molar-refractivity contribution in [2.45, 2.75) is 24.3 Å². The van der Waals surface area contributed by atoms with E-state index in [1.54, 1.807) is 24.3 Å². The van der Waals surface area contributed by atoms with Crippen LogP contribution in [0.25, 0.3) is 0 Å². The molecule has 2 aromatic rings. The van der Waals surface area contributed by atoms with E-state index in [1.165, 1.54) is 24.3 Å². The quantitative estimate of drug-likeness (QED) is 0.730. The SMILES string of the molecule is CCOc1ccc([C@H](CC(=O)O)NS(=O)(=O)c2ccc(Cl)cc2)cc1. The smallest absolute Gasteiger partial charge is 0.305 e. The second-order valence-corrected chi connectivity index (χ2v) is 7.38. The highest BCUT2D eigenvalue weighted by atomic mass is 35.5. The lowest BCUT2D eigenvalue weighted by Gasteiger charge is -2.18. The first-order valence-corrected chi connectivity index (χ1v) is 9.40. The molecule has 0 saturated carbocycles. The number of sulfonamides is 1. The molecule has 0 heterocycles. The summed E-state index contributed by atoms with van der Waals surface area (Å²) in [6.45, 7) is 2.35. The maximum Gasteiger partial charge on any atom is 0.305 e. The fourth-order valence-electron chi connectivity index (χ4n) is 2.23. The van der Waals surface area contributed by atoms with Gasteiger partial charge >= 0.3 is 5.97 Å². The number of rotatable bonds is 8. The Kier molecular flexibility index (Phi) is 6.41. The Labute approximate surface area is 151 Å². The van der Waals surface area contributed by atoms with Gasteiger partial charge in [-0.25, -0.2) is 13.1 Å². The monoisotopic (exact) mass is 383 g/mol. The number of carboxylic acids is 1. The van der Waals surface area contributed by atoms with Crippen LogP contribution < -0.4 is 9.46 Å². The first-order chi connectivity index (χ1) is 11.8. The van der Waals surface area contributed by atoms with Gasteiger partial charge in [0.05, 0.1) is 24.0 Å². The lowest BCUT2D eigenvalue weighted by atomic mass is 10.0. The molecule has 25 heavy (non-hydrogen) atoms. The fraction of sp³-hybridized carbons (Fsp3) is 0.235. The van der Waals surface area contributed by atoms with Gasteiger partial charge in [-0.05, 0) is 48.9 Å². The van der Waals surface area contributed by atoms with E-state index in [0.29, 0.717) is 22.9 Å². The normalized spacial score (nSPS) is 12.6. The van der Waals surface area contributed by atoms with Crippen molar-refractivity contribution in [1.29, 1.82) is 0 Å². The average molecular weight is 384 g/mol. The highest BCUT2D eigenvalue weighted by Gasteiger charge is 2.23. The molecule has 8 heteroatoms. The topological polar surface area (TPSA) is 92.7 Å². The van der Waals surface area contributed by atoms with Crippen molar-refractivity contribution in [2.75, 3.05) is 6.61 Å². The molecule has 0 fully saturated rings. The van der Waals surface area contributed by atoms with Crippen LogP contribution in [0.5, 0.6) is 5.75 Å². The van der Waals surface area contributed by atoms with Gasteiger partial charge in [0, 0.05) is 5.02 Å². The van der Waals surface area contributed by atoms with Gasteiger partial charge in [0.15, 0.2) is 0 Å². The van der Waals surface area contributed by atoms with Gasteiger partial charge < -0.3 is 9.84 Å². The zero-order valence-corrected chi connectivity index (χ0v) is 15.0. The summed E-state index contributed by atoms with van der Waals surface area (Å²) in [6.07, 6.45) is -0.388. The zero-order valence-electron chi connectivity index (χ0n) is 13.5. The third kappa shape index (κ3) is 5.45. The third-order valence-electron chi connectivity index (χ3n) is 3.39. The molecule has 2 aromatic carbocycles. The Hall–Kier alpha value is -2.09. The summed E-state index contributed by atoms with van der Waals surface area (Å²) in [5.74, 6) is -0.487. The second-order valence-electron chi connectivity index (χ2n) is 5.23. The average Bonchev–Trinajstić information content (AvgIpc) is 2.55. The van der Waals surface area contributed by atoms with Crippen LogP contribution >= 0.6 is 11.6 Å². The molecule has 0 aromatic heterocycles. The number of hydrogen-bond acceptors (Lipinski definition) is 4. The van der Waals surface area contributed by atoms with Gasteiger partial charge in [-0.15, -0.1) is 0 Å². The summed E-state index contributed by atoms with van der Waals surface area (Å²) in [6, 6.07) is 11.4. The minimum Gasteiger partial charge on any atom is -0.494 e. The van der Waals surface area contributed by atoms with E-state index in [-0.39, 0.29) is 11.3 Å². The standard InChI is InChI=1S/C17H18ClNO5S/c1-2-24-14-7-3-12(4-8-14)16(11-17(20)21)19-25(22,23)15-9-5-13(18)6-10-15/h3-10,16,19H,2,11H2,1H3,(H,20,21)/t16-/m0/s1. The Morgan fingerprint density at radius 1 is 1.16 bits per heavy atom. The van der Waals surface area contributed by atoms with Crippen molar-refractivity contribution in [1.82, 2.24) is 4.72 Å². The summed E-state index contributed by atoms with van der Waals surface area (Å²) in [5, 5.41) is 9.52. The minimum atomic E-state index is -3.89. The van der Waals surface area contributed by atoms with Gasteiger partial charge in [-0.1, -0.05) is 23.7 Å². The maximum atomic E-state index is 12.5. The first-order valence-electron chi connectivity index (χ1n) is 7.54. The first kappa shape index (κ1) is 19.2. The van der Waals surface area contributed by atoms with Gasteiger partial charge in [-0.2, -0.15) is 0 Å². The molecule has 1 atom stereocenters. The molecule has 6 nitrogen and oxygen atoms in total. The predicted molar refractivity (Wildman–Crippen MR) is 94.4 cm³/mol. The Morgan fingerprint density at radius 2 is 1.76 bits per heavy atom. The van der Waals surface area contributed by atoms with Crippen molar-refractivity contribution in [2.24, 2.45) is 0 Å². The molecule has 134 valence electrons. The third-order valence-corrected chi connectivity index (χ3v) is 5.13. The van der Waals surface area contributed by atoms with Crippen molar-refractivity contribution in [3.63, 3.8) is 0 Å². The Balaban J connectivity index is 2.27. The summed E-state index contributed by atoms with van der Waals surface area (Å²) < 4.78 is 32.8. The maximum absolute atomic E-state index is 12.5. The zero-order chi connectivity index (χ0) is 18.4. The Bertz CT molecular complexity index is 819. The molecule has 0 unspecified atom stereocenters. The number of carbonyl (C=O) groups is 1. The highest BCUT2D eigenvalue weighted by molar-refractivity contribution is 7.89. The largest absolute Gasteiger partial charge is 0.494 e. The number of aliphatic carboxylic acids is 1. The van der Waals surface area contributed by atoms with Crippen molar-refractivity contribution < 1.29 is 23.1 Å². The fourth-order valence-corrected chi connectivity index (χ4v) is 3.58. The molecule has 0 radical (unpaired) electrons. The van der Waals surface area contributed by atoms with E-state index in [9.17, 15) is 13.2 Å². The number of ether oxygens (including phenoxy) is 1. The van der Waals surface area contributed by atoms with Crippen LogP contribution in [0.2, 0.25) is 5.02 Å². The number of nitrogens with one attached hydrogen (secondary N) is 1. The molecule has 2 N–H and O–H groups in total. The van der Waals surface area contributed by atoms with Crippen LogP contribution in [0.15, 0.2) is 53.4 Å². The minimum absolute atomic E-state index is 0.0122. The van der Waals surface area contributed by atoms with Crippen LogP contribution in [0.4, 0.5) is 0 Å². The molecule has 0 spiro atoms. The molecule has 0 aliphatic rings. The summed E-state index contributed by atoms with van der Waals surface area (Å²) in [5.41, 5.74) is 0.531. The van der Waals surface area contributed by atoms with Gasteiger partial charge in [-0.3, -0.25) is 4.79 Å². The van der Waals surface area contributed by atoms with Gasteiger partial charge in [0.1, 0.15) is 5.75 Å². The van der Waals surface area contributed by atoms with Gasteiger partial charge in [0.25, 0.3) is 0 Å². The van der Waals surface area contributed by atoms with Crippen molar-refractivity contribution in [3.8, 4) is 5.75 Å². The molecule has 0 bridgehead atoms. The lowest BCUT2D eigenvalue weighted by molar-refractivity contribution is -0.137. The highest BCUT2D eigenvalue weighted by Crippen LogP contribution is 2.23. The predicted octanol–water partition coefficient (Wildman–Crippen LogP) is 3.23. The number of benzene rings is 2. The summed E-state index contributed by atoms with van der Waals surface area (Å²) in [7, 11) is -3.89. The lowest BCUT2D eigenvalue weighted by Crippen LogP contribution is -2.30. The summed E-state index contributed by atoms with van der Waals surface area (Å²) >= 11 is 5.77. The molecule has 0 saturated heterocycles. The van der Waals surface area contributed by atoms with Crippen LogP contribution in [0.3, 0.4) is 0 Å². The van der Waals surface area contributed by atoms with E-state index < -0.39 is 22.0 Å². The molecule has 0 aliphatic carbocycles. The number of carboxylic acid groups (broad SMARTS) is 1. The molecule has 0 amide bonds. The second kappa shape index (κ2) is 8.33. The number of halogens is 1. The van der Waals surface area contributed by atoms with E-state index >= 15 is 0 Å². The summed E-state index contributed by atoms with van der Waals surface area (Å²) in [4.78, 5) is 11.2. The number of hydrogen-bond donors (Lipinski definition) is 2. The van der Waals surface area contributed by atoms with E-state index in [0.717, 1.165) is 0 Å². The van der Waals surface area contributed by atoms with Crippen LogP contribution in [0, 0.1) is 0 Å². The van der Waals surface area contributed by atoms with Crippen LogP contribution in [-0.4, -0.2) is 26.1 Å². The Morgan fingerprint density at radius 3 is 2.28 bits per heavy atom. The van der Waals surface area contributed by atoms with E-state index in [2.05, 4.69) is 4.72 Å². The molecule has 0 aliphatic heterocycles. The van der Waals surface area contributed by atoms with Crippen LogP contribution in [-0.2, 0) is 14.8 Å². The van der Waals surface area contributed by atoms with Crippen molar-refractivity contribution >= 4 is 27.6 Å². The molecular weight excluding hydrogens is 366 g/mol. The van der Waals surface area contributed by atoms with Gasteiger partial charge in [0.2, 0.25) is 10.0 Å². The van der Waals surface area contributed by atoms with Crippen molar-refractivity contribution in [3.05, 3.63) is 59.1 Å². The van der Waals surface area contributed by atoms with Crippen LogP contribution in [0.1, 0.15) is 24.9 Å². The van der Waals surface area contributed by atoms with E-state index in [4.69, 9.17) is 21.4 Å². The molecule has 2 rings (SSSR count).